The smallest absolute Gasteiger partial charge is 0.329 e. The van der Waals surface area contributed by atoms with Gasteiger partial charge in [-0.1, -0.05) is 5.16 Å². The third-order valence-corrected chi connectivity index (χ3v) is 2.82. The summed E-state index contributed by atoms with van der Waals surface area (Å²) in [7, 11) is 0. The fraction of sp³-hybridized carbons (Fsp3) is 0.545. The fourth-order valence-corrected chi connectivity index (χ4v) is 1.90. The molecule has 1 amide bonds. The molecule has 98 valence electrons. The Balaban J connectivity index is 1.80. The molecule has 7 heteroatoms. The quantitative estimate of drug-likeness (QED) is 0.835. The summed E-state index contributed by atoms with van der Waals surface area (Å²) in [6, 6.07) is 1.52. The number of likely N-dealkylation sites (tertiary alicyclic amines) is 1. The summed E-state index contributed by atoms with van der Waals surface area (Å²) in [6.45, 7) is 0.772. The number of carbonyl (C=O) groups excluding carboxylic acids is 1. The van der Waals surface area contributed by atoms with Crippen molar-refractivity contribution in [2.24, 2.45) is 0 Å². The standard InChI is InChI=1S/C11H14N2O5/c14-10(15)7-17-8-2-5-13(6-3-8)11(16)9-1-4-12-18-9/h1,4,8H,2-3,5-7H2,(H,14,15). The molecule has 1 saturated heterocycles. The summed E-state index contributed by atoms with van der Waals surface area (Å²) >= 11 is 0. The molecule has 18 heavy (non-hydrogen) atoms. The van der Waals surface area contributed by atoms with Crippen LogP contribution < -0.4 is 0 Å². The lowest BCUT2D eigenvalue weighted by Gasteiger charge is -2.30. The van der Waals surface area contributed by atoms with E-state index in [9.17, 15) is 9.59 Å². The first-order chi connectivity index (χ1) is 8.66. The van der Waals surface area contributed by atoms with Crippen LogP contribution in [0.2, 0.25) is 0 Å². The Kier molecular flexibility index (Phi) is 3.93. The van der Waals surface area contributed by atoms with E-state index in [1.807, 2.05) is 0 Å². The number of aromatic nitrogens is 1. The minimum atomic E-state index is -0.977. The van der Waals surface area contributed by atoms with Crippen molar-refractivity contribution in [2.45, 2.75) is 18.9 Å². The van der Waals surface area contributed by atoms with E-state index < -0.39 is 5.97 Å². The predicted octanol–water partition coefficient (Wildman–Crippen LogP) is 0.380. The van der Waals surface area contributed by atoms with Crippen LogP contribution in [0.25, 0.3) is 0 Å². The van der Waals surface area contributed by atoms with Crippen molar-refractivity contribution in [3.05, 3.63) is 18.0 Å². The Morgan fingerprint density at radius 3 is 2.78 bits per heavy atom. The largest absolute Gasteiger partial charge is 0.480 e. The average molecular weight is 254 g/mol. The van der Waals surface area contributed by atoms with Gasteiger partial charge < -0.3 is 19.3 Å². The van der Waals surface area contributed by atoms with Gasteiger partial charge in [0.1, 0.15) is 6.61 Å². The highest BCUT2D eigenvalue weighted by molar-refractivity contribution is 5.91. The Bertz CT molecular complexity index is 409. The van der Waals surface area contributed by atoms with Gasteiger partial charge in [-0.25, -0.2) is 4.79 Å². The van der Waals surface area contributed by atoms with E-state index in [2.05, 4.69) is 5.16 Å². The van der Waals surface area contributed by atoms with Gasteiger partial charge in [-0.05, 0) is 12.8 Å². The van der Waals surface area contributed by atoms with Crippen molar-refractivity contribution >= 4 is 11.9 Å². The van der Waals surface area contributed by atoms with Gasteiger partial charge in [-0.15, -0.1) is 0 Å². The zero-order valence-electron chi connectivity index (χ0n) is 9.74. The monoisotopic (exact) mass is 254 g/mol. The lowest BCUT2D eigenvalue weighted by Crippen LogP contribution is -2.41. The molecular formula is C11H14N2O5. The number of rotatable bonds is 4. The lowest BCUT2D eigenvalue weighted by molar-refractivity contribution is -0.145. The molecule has 0 bridgehead atoms. The van der Waals surface area contributed by atoms with Gasteiger partial charge in [-0.3, -0.25) is 4.79 Å². The molecule has 2 rings (SSSR count). The normalized spacial score (nSPS) is 16.8. The Labute approximate surface area is 103 Å². The minimum Gasteiger partial charge on any atom is -0.480 e. The summed E-state index contributed by atoms with van der Waals surface area (Å²) in [6.07, 6.45) is 2.59. The van der Waals surface area contributed by atoms with Gasteiger partial charge >= 0.3 is 5.97 Å². The van der Waals surface area contributed by atoms with Crippen LogP contribution in [-0.2, 0) is 9.53 Å². The zero-order chi connectivity index (χ0) is 13.0. The number of carbonyl (C=O) groups is 2. The third-order valence-electron chi connectivity index (χ3n) is 2.82. The van der Waals surface area contributed by atoms with Crippen molar-refractivity contribution < 1.29 is 24.0 Å². The molecule has 7 nitrogen and oxygen atoms in total. The van der Waals surface area contributed by atoms with Crippen molar-refractivity contribution in [3.8, 4) is 0 Å². The van der Waals surface area contributed by atoms with Crippen LogP contribution in [0.15, 0.2) is 16.8 Å². The molecule has 1 aromatic heterocycles. The molecule has 0 saturated carbocycles. The van der Waals surface area contributed by atoms with Gasteiger partial charge in [0.15, 0.2) is 0 Å². The maximum Gasteiger partial charge on any atom is 0.329 e. The molecule has 0 atom stereocenters. The Morgan fingerprint density at radius 2 is 2.22 bits per heavy atom. The van der Waals surface area contributed by atoms with E-state index in [1.54, 1.807) is 4.90 Å². The molecule has 1 N–H and O–H groups in total. The van der Waals surface area contributed by atoms with E-state index in [0.717, 1.165) is 0 Å². The van der Waals surface area contributed by atoms with Gasteiger partial charge in [0.25, 0.3) is 5.91 Å². The predicted molar refractivity (Wildman–Crippen MR) is 59.0 cm³/mol. The average Bonchev–Trinajstić information content (AvgIpc) is 2.90. The molecule has 0 radical (unpaired) electrons. The van der Waals surface area contributed by atoms with Crippen LogP contribution in [0.5, 0.6) is 0 Å². The number of hydrogen-bond donors (Lipinski definition) is 1. The first kappa shape index (κ1) is 12.6. The molecule has 1 fully saturated rings. The van der Waals surface area contributed by atoms with E-state index in [0.29, 0.717) is 25.9 Å². The Morgan fingerprint density at radius 1 is 1.50 bits per heavy atom. The molecule has 1 aromatic rings. The van der Waals surface area contributed by atoms with Crippen LogP contribution in [0.3, 0.4) is 0 Å². The maximum absolute atomic E-state index is 11.9. The maximum atomic E-state index is 11.9. The lowest BCUT2D eigenvalue weighted by atomic mass is 10.1. The molecule has 2 heterocycles. The number of ether oxygens (including phenoxy) is 1. The van der Waals surface area contributed by atoms with E-state index in [-0.39, 0.29) is 24.4 Å². The molecule has 1 aliphatic rings. The van der Waals surface area contributed by atoms with Gasteiger partial charge in [0.05, 0.1) is 12.3 Å². The number of amides is 1. The van der Waals surface area contributed by atoms with Crippen molar-refractivity contribution in [1.82, 2.24) is 10.1 Å². The molecule has 1 aliphatic heterocycles. The number of aliphatic carboxylic acids is 1. The van der Waals surface area contributed by atoms with Crippen molar-refractivity contribution in [2.75, 3.05) is 19.7 Å². The fourth-order valence-electron chi connectivity index (χ4n) is 1.90. The number of piperidine rings is 1. The number of hydrogen-bond acceptors (Lipinski definition) is 5. The van der Waals surface area contributed by atoms with Crippen LogP contribution in [0.1, 0.15) is 23.4 Å². The zero-order valence-corrected chi connectivity index (χ0v) is 9.74. The van der Waals surface area contributed by atoms with Crippen LogP contribution in [0.4, 0.5) is 0 Å². The highest BCUT2D eigenvalue weighted by atomic mass is 16.5. The SMILES string of the molecule is O=C(O)COC1CCN(C(=O)c2ccno2)CC1. The third kappa shape index (κ3) is 3.07. The number of carboxylic acid groups (broad SMARTS) is 1. The summed E-state index contributed by atoms with van der Waals surface area (Å²) < 4.78 is 9.99. The highest BCUT2D eigenvalue weighted by Gasteiger charge is 2.26. The number of nitrogens with zero attached hydrogens (tertiary/aromatic N) is 2. The summed E-state index contributed by atoms with van der Waals surface area (Å²) in [5.41, 5.74) is 0. The second-order valence-electron chi connectivity index (χ2n) is 4.07. The summed E-state index contributed by atoms with van der Waals surface area (Å²) in [5.74, 6) is -0.945. The van der Waals surface area contributed by atoms with E-state index in [1.165, 1.54) is 12.3 Å². The summed E-state index contributed by atoms with van der Waals surface area (Å²) in [4.78, 5) is 23.9. The molecule has 0 spiro atoms. The van der Waals surface area contributed by atoms with E-state index >= 15 is 0 Å². The van der Waals surface area contributed by atoms with Gasteiger partial charge in [-0.2, -0.15) is 0 Å². The van der Waals surface area contributed by atoms with Gasteiger partial charge in [0, 0.05) is 19.2 Å². The first-order valence-electron chi connectivity index (χ1n) is 5.70. The van der Waals surface area contributed by atoms with Crippen molar-refractivity contribution in [1.29, 1.82) is 0 Å². The Hall–Kier alpha value is -1.89. The second-order valence-corrected chi connectivity index (χ2v) is 4.07. The minimum absolute atomic E-state index is 0.0973. The molecule has 0 aliphatic carbocycles. The molecular weight excluding hydrogens is 240 g/mol. The second kappa shape index (κ2) is 5.63. The molecule has 0 unspecified atom stereocenters. The van der Waals surface area contributed by atoms with Crippen molar-refractivity contribution in [3.63, 3.8) is 0 Å². The van der Waals surface area contributed by atoms with Crippen LogP contribution >= 0.6 is 0 Å². The van der Waals surface area contributed by atoms with Crippen LogP contribution in [0, 0.1) is 0 Å². The molecule has 0 aromatic carbocycles. The first-order valence-corrected chi connectivity index (χ1v) is 5.70. The number of carboxylic acids is 1. The van der Waals surface area contributed by atoms with Gasteiger partial charge in [0.2, 0.25) is 5.76 Å². The topological polar surface area (TPSA) is 92.9 Å². The summed E-state index contributed by atoms with van der Waals surface area (Å²) in [5, 5.41) is 12.0. The van der Waals surface area contributed by atoms with E-state index in [4.69, 9.17) is 14.4 Å². The highest BCUT2D eigenvalue weighted by Crippen LogP contribution is 2.16. The van der Waals surface area contributed by atoms with Crippen LogP contribution in [-0.4, -0.2) is 52.8 Å².